The van der Waals surface area contributed by atoms with Gasteiger partial charge in [-0.1, -0.05) is 35.9 Å². The van der Waals surface area contributed by atoms with Crippen LogP contribution in [0.15, 0.2) is 63.8 Å². The highest BCUT2D eigenvalue weighted by atomic mass is 79.9. The van der Waals surface area contributed by atoms with Gasteiger partial charge < -0.3 is 5.32 Å². The van der Waals surface area contributed by atoms with Crippen LogP contribution in [0.25, 0.3) is 11.1 Å². The number of anilines is 2. The fourth-order valence-electron chi connectivity index (χ4n) is 2.00. The molecule has 20 heavy (non-hydrogen) atoms. The van der Waals surface area contributed by atoms with Crippen molar-refractivity contribution in [1.82, 2.24) is 0 Å². The van der Waals surface area contributed by atoms with Crippen LogP contribution in [0.5, 0.6) is 0 Å². The molecular weight excluding hydrogens is 354 g/mol. The zero-order valence-electron chi connectivity index (χ0n) is 10.4. The minimum atomic E-state index is 0.746. The van der Waals surface area contributed by atoms with Crippen molar-refractivity contribution in [2.75, 3.05) is 5.32 Å². The van der Waals surface area contributed by atoms with Gasteiger partial charge in [-0.15, -0.1) is 0 Å². The molecule has 100 valence electrons. The molecule has 0 saturated carbocycles. The molecule has 0 aliphatic rings. The van der Waals surface area contributed by atoms with Gasteiger partial charge in [0.05, 0.1) is 5.69 Å². The zero-order valence-corrected chi connectivity index (χ0v) is 13.6. The van der Waals surface area contributed by atoms with E-state index in [4.69, 9.17) is 11.6 Å². The molecule has 1 aromatic heterocycles. The molecule has 0 amide bonds. The molecule has 0 aliphatic heterocycles. The molecule has 0 atom stereocenters. The predicted molar refractivity (Wildman–Crippen MR) is 92.2 cm³/mol. The van der Waals surface area contributed by atoms with E-state index >= 15 is 0 Å². The Kier molecular flexibility index (Phi) is 4.10. The first kappa shape index (κ1) is 13.7. The first-order valence-electron chi connectivity index (χ1n) is 6.08. The highest BCUT2D eigenvalue weighted by Crippen LogP contribution is 2.36. The molecule has 2 aromatic carbocycles. The Bertz CT molecular complexity index is 708. The molecule has 0 spiro atoms. The minimum Gasteiger partial charge on any atom is -0.353 e. The topological polar surface area (TPSA) is 12.0 Å². The van der Waals surface area contributed by atoms with E-state index < -0.39 is 0 Å². The van der Waals surface area contributed by atoms with Crippen LogP contribution in [0.4, 0.5) is 11.4 Å². The van der Waals surface area contributed by atoms with Crippen molar-refractivity contribution in [2.45, 2.75) is 0 Å². The average molecular weight is 365 g/mol. The second-order valence-electron chi connectivity index (χ2n) is 4.31. The summed E-state index contributed by atoms with van der Waals surface area (Å²) in [6.45, 7) is 0. The quantitative estimate of drug-likeness (QED) is 0.554. The van der Waals surface area contributed by atoms with Gasteiger partial charge in [0.2, 0.25) is 0 Å². The summed E-state index contributed by atoms with van der Waals surface area (Å²) >= 11 is 11.3. The van der Waals surface area contributed by atoms with E-state index in [1.54, 1.807) is 11.3 Å². The molecule has 1 nitrogen and oxygen atoms in total. The third-order valence-corrected chi connectivity index (χ3v) is 4.56. The first-order valence-corrected chi connectivity index (χ1v) is 8.19. The zero-order chi connectivity index (χ0) is 13.9. The Balaban J connectivity index is 2.06. The summed E-state index contributed by atoms with van der Waals surface area (Å²) in [7, 11) is 0. The standard InChI is InChI=1S/C16H11BrClNS/c17-15-3-1-2-14(11-4-6-12(18)7-5-11)16(15)19-13-8-9-20-10-13/h1-10,19H. The maximum absolute atomic E-state index is 5.96. The lowest BCUT2D eigenvalue weighted by molar-refractivity contribution is 1.53. The number of rotatable bonds is 3. The van der Waals surface area contributed by atoms with E-state index in [-0.39, 0.29) is 0 Å². The van der Waals surface area contributed by atoms with E-state index in [1.807, 2.05) is 36.4 Å². The van der Waals surface area contributed by atoms with Crippen molar-refractivity contribution in [2.24, 2.45) is 0 Å². The molecule has 0 radical (unpaired) electrons. The van der Waals surface area contributed by atoms with Crippen LogP contribution in [-0.2, 0) is 0 Å². The van der Waals surface area contributed by atoms with Gasteiger partial charge in [0, 0.05) is 26.1 Å². The maximum atomic E-state index is 5.96. The minimum absolute atomic E-state index is 0.746. The van der Waals surface area contributed by atoms with E-state index in [9.17, 15) is 0 Å². The van der Waals surface area contributed by atoms with Crippen molar-refractivity contribution < 1.29 is 0 Å². The predicted octanol–water partition coefficient (Wildman–Crippen LogP) is 6.57. The van der Waals surface area contributed by atoms with Crippen LogP contribution in [-0.4, -0.2) is 0 Å². The van der Waals surface area contributed by atoms with E-state index in [0.717, 1.165) is 32.0 Å². The number of halogens is 2. The summed E-state index contributed by atoms with van der Waals surface area (Å²) in [6.07, 6.45) is 0. The fourth-order valence-corrected chi connectivity index (χ4v) is 3.18. The lowest BCUT2D eigenvalue weighted by Gasteiger charge is -2.13. The summed E-state index contributed by atoms with van der Waals surface area (Å²) in [6, 6.07) is 16.1. The van der Waals surface area contributed by atoms with Gasteiger partial charge in [-0.05, 0) is 51.1 Å². The molecule has 0 unspecified atom stereocenters. The molecule has 3 rings (SSSR count). The van der Waals surface area contributed by atoms with E-state index in [0.29, 0.717) is 0 Å². The Labute approximate surface area is 135 Å². The summed E-state index contributed by atoms with van der Waals surface area (Å²) in [5.74, 6) is 0. The van der Waals surface area contributed by atoms with Crippen LogP contribution in [0.2, 0.25) is 5.02 Å². The summed E-state index contributed by atoms with van der Waals surface area (Å²) < 4.78 is 1.04. The maximum Gasteiger partial charge on any atom is 0.0608 e. The van der Waals surface area contributed by atoms with Crippen LogP contribution < -0.4 is 5.32 Å². The number of nitrogens with one attached hydrogen (secondary N) is 1. The van der Waals surface area contributed by atoms with Gasteiger partial charge in [-0.25, -0.2) is 0 Å². The van der Waals surface area contributed by atoms with Crippen molar-refractivity contribution in [3.63, 3.8) is 0 Å². The molecule has 0 aliphatic carbocycles. The van der Waals surface area contributed by atoms with Crippen LogP contribution in [0.1, 0.15) is 0 Å². The van der Waals surface area contributed by atoms with Crippen molar-refractivity contribution in [3.05, 3.63) is 68.8 Å². The molecule has 0 fully saturated rings. The van der Waals surface area contributed by atoms with E-state index in [1.165, 1.54) is 0 Å². The molecule has 3 aromatic rings. The number of benzene rings is 2. The highest BCUT2D eigenvalue weighted by molar-refractivity contribution is 9.10. The summed E-state index contributed by atoms with van der Waals surface area (Å²) in [5.41, 5.74) is 4.43. The van der Waals surface area contributed by atoms with Gasteiger partial charge >= 0.3 is 0 Å². The molecular formula is C16H11BrClNS. The smallest absolute Gasteiger partial charge is 0.0608 e. The third kappa shape index (κ3) is 2.90. The number of hydrogen-bond acceptors (Lipinski definition) is 2. The number of thiophene rings is 1. The Morgan fingerprint density at radius 2 is 1.80 bits per heavy atom. The van der Waals surface area contributed by atoms with Gasteiger partial charge in [0.25, 0.3) is 0 Å². The first-order chi connectivity index (χ1) is 9.74. The van der Waals surface area contributed by atoms with Gasteiger partial charge in [0.1, 0.15) is 0 Å². The van der Waals surface area contributed by atoms with Crippen LogP contribution >= 0.6 is 38.9 Å². The second-order valence-corrected chi connectivity index (χ2v) is 6.38. The summed E-state index contributed by atoms with van der Waals surface area (Å²) in [4.78, 5) is 0. The molecule has 4 heteroatoms. The SMILES string of the molecule is Clc1ccc(-c2cccc(Br)c2Nc2ccsc2)cc1. The second kappa shape index (κ2) is 6.00. The van der Waals surface area contributed by atoms with Crippen LogP contribution in [0, 0.1) is 0 Å². The molecule has 1 heterocycles. The van der Waals surface area contributed by atoms with Crippen LogP contribution in [0.3, 0.4) is 0 Å². The van der Waals surface area contributed by atoms with Gasteiger partial charge in [-0.3, -0.25) is 0 Å². The fraction of sp³-hybridized carbons (Fsp3) is 0. The normalized spacial score (nSPS) is 10.5. The van der Waals surface area contributed by atoms with Gasteiger partial charge in [0.15, 0.2) is 0 Å². The number of hydrogen-bond donors (Lipinski definition) is 1. The average Bonchev–Trinajstić information content (AvgIpc) is 2.95. The number of para-hydroxylation sites is 1. The molecule has 0 bridgehead atoms. The van der Waals surface area contributed by atoms with Crippen molar-refractivity contribution >= 4 is 50.2 Å². The Morgan fingerprint density at radius 1 is 1.00 bits per heavy atom. The Hall–Kier alpha value is -1.29. The summed E-state index contributed by atoms with van der Waals surface area (Å²) in [5, 5.41) is 8.36. The monoisotopic (exact) mass is 363 g/mol. The van der Waals surface area contributed by atoms with Crippen molar-refractivity contribution in [1.29, 1.82) is 0 Å². The van der Waals surface area contributed by atoms with Gasteiger partial charge in [-0.2, -0.15) is 11.3 Å². The lowest BCUT2D eigenvalue weighted by atomic mass is 10.0. The Morgan fingerprint density at radius 3 is 2.50 bits per heavy atom. The lowest BCUT2D eigenvalue weighted by Crippen LogP contribution is -1.93. The molecule has 1 N–H and O–H groups in total. The highest BCUT2D eigenvalue weighted by Gasteiger charge is 2.09. The van der Waals surface area contributed by atoms with E-state index in [2.05, 4.69) is 44.1 Å². The molecule has 0 saturated heterocycles. The van der Waals surface area contributed by atoms with Crippen molar-refractivity contribution in [3.8, 4) is 11.1 Å². The largest absolute Gasteiger partial charge is 0.353 e. The third-order valence-electron chi connectivity index (χ3n) is 2.96.